The van der Waals surface area contributed by atoms with Crippen molar-refractivity contribution in [3.8, 4) is 11.5 Å². The average molecular weight is 298 g/mol. The number of nitrogens with one attached hydrogen (secondary N) is 1. The first kappa shape index (κ1) is 14.1. The average Bonchev–Trinajstić information content (AvgIpc) is 2.54. The Kier molecular flexibility index (Phi) is 3.50. The number of rotatable bonds is 3. The number of amides is 2. The molecule has 3 rings (SSSR count). The van der Waals surface area contributed by atoms with E-state index in [4.69, 9.17) is 9.47 Å². The Hall–Kier alpha value is -2.89. The van der Waals surface area contributed by atoms with Gasteiger partial charge in [0.15, 0.2) is 11.5 Å². The second kappa shape index (κ2) is 5.48. The topological polar surface area (TPSA) is 77.5 Å². The summed E-state index contributed by atoms with van der Waals surface area (Å²) in [5.74, 6) is -0.273. The van der Waals surface area contributed by atoms with E-state index in [-0.39, 0.29) is 5.91 Å². The summed E-state index contributed by atoms with van der Waals surface area (Å²) in [6.07, 6.45) is 3.03. The smallest absolute Gasteiger partial charge is 0.259 e. The third-order valence-electron chi connectivity index (χ3n) is 3.65. The van der Waals surface area contributed by atoms with Crippen LogP contribution in [0.5, 0.6) is 11.5 Å². The molecule has 1 aromatic heterocycles. The zero-order valence-corrected chi connectivity index (χ0v) is 12.1. The summed E-state index contributed by atoms with van der Waals surface area (Å²) in [7, 11) is 3.08. The van der Waals surface area contributed by atoms with E-state index in [2.05, 4.69) is 10.3 Å². The molecule has 1 aliphatic heterocycles. The maximum Gasteiger partial charge on any atom is 0.259 e. The molecule has 0 radical (unpaired) electrons. The predicted molar refractivity (Wildman–Crippen MR) is 78.1 cm³/mol. The van der Waals surface area contributed by atoms with Crippen LogP contribution in [0.2, 0.25) is 0 Å². The Labute approximate surface area is 127 Å². The van der Waals surface area contributed by atoms with E-state index in [1.807, 2.05) is 0 Å². The van der Waals surface area contributed by atoms with Crippen molar-refractivity contribution < 1.29 is 19.1 Å². The van der Waals surface area contributed by atoms with Crippen LogP contribution in [0.15, 0.2) is 36.7 Å². The highest BCUT2D eigenvalue weighted by molar-refractivity contribution is 6.12. The van der Waals surface area contributed by atoms with Gasteiger partial charge in [0.05, 0.1) is 25.7 Å². The van der Waals surface area contributed by atoms with E-state index in [9.17, 15) is 9.59 Å². The number of methoxy groups -OCH3 is 2. The Bertz CT molecular complexity index is 758. The van der Waals surface area contributed by atoms with Crippen LogP contribution in [0.25, 0.3) is 0 Å². The Morgan fingerprint density at radius 2 is 1.86 bits per heavy atom. The number of nitrogens with zero attached hydrogens (tertiary/aromatic N) is 1. The summed E-state index contributed by atoms with van der Waals surface area (Å²) in [5.41, 5.74) is 1.76. The second-order valence-electron chi connectivity index (χ2n) is 4.83. The van der Waals surface area contributed by atoms with E-state index < -0.39 is 11.8 Å². The van der Waals surface area contributed by atoms with Crippen LogP contribution in [0.4, 0.5) is 0 Å². The molecule has 6 heteroatoms. The maximum atomic E-state index is 12.3. The van der Waals surface area contributed by atoms with E-state index in [0.717, 1.165) is 5.56 Å². The summed E-state index contributed by atoms with van der Waals surface area (Å²) < 4.78 is 10.5. The Morgan fingerprint density at radius 3 is 2.59 bits per heavy atom. The fraction of sp³-hybridized carbons (Fsp3) is 0.188. The first-order valence-electron chi connectivity index (χ1n) is 6.66. The van der Waals surface area contributed by atoms with Crippen LogP contribution < -0.4 is 14.8 Å². The van der Waals surface area contributed by atoms with E-state index in [1.165, 1.54) is 13.3 Å². The minimum Gasteiger partial charge on any atom is -0.493 e. The number of benzene rings is 1. The highest BCUT2D eigenvalue weighted by atomic mass is 16.5. The van der Waals surface area contributed by atoms with Gasteiger partial charge in [-0.3, -0.25) is 19.9 Å². The van der Waals surface area contributed by atoms with Crippen molar-refractivity contribution in [2.45, 2.75) is 5.92 Å². The SMILES string of the molecule is COc1ccc(C2C(=O)NC(=O)c3cnccc32)cc1OC. The van der Waals surface area contributed by atoms with Gasteiger partial charge in [-0.1, -0.05) is 6.07 Å². The minimum absolute atomic E-state index is 0.365. The van der Waals surface area contributed by atoms with Crippen LogP contribution >= 0.6 is 0 Å². The number of carbonyl (C=O) groups is 2. The molecule has 0 aliphatic carbocycles. The van der Waals surface area contributed by atoms with Crippen LogP contribution in [0.3, 0.4) is 0 Å². The highest BCUT2D eigenvalue weighted by Gasteiger charge is 2.33. The first-order chi connectivity index (χ1) is 10.7. The maximum absolute atomic E-state index is 12.3. The quantitative estimate of drug-likeness (QED) is 0.869. The number of aromatic nitrogens is 1. The lowest BCUT2D eigenvalue weighted by molar-refractivity contribution is -0.121. The number of fused-ring (bicyclic) bond motifs is 1. The van der Waals surface area contributed by atoms with Gasteiger partial charge >= 0.3 is 0 Å². The van der Waals surface area contributed by atoms with Gasteiger partial charge in [0.1, 0.15) is 0 Å². The summed E-state index contributed by atoms with van der Waals surface area (Å²) in [6.45, 7) is 0. The molecule has 1 aliphatic rings. The van der Waals surface area contributed by atoms with Crippen molar-refractivity contribution in [3.63, 3.8) is 0 Å². The van der Waals surface area contributed by atoms with Crippen LogP contribution in [-0.2, 0) is 4.79 Å². The summed E-state index contributed by atoms with van der Waals surface area (Å²) in [5, 5.41) is 2.36. The molecule has 1 N–H and O–H groups in total. The molecule has 2 heterocycles. The van der Waals surface area contributed by atoms with Gasteiger partial charge in [-0.05, 0) is 29.3 Å². The van der Waals surface area contributed by atoms with Crippen LogP contribution in [0.1, 0.15) is 27.4 Å². The molecular weight excluding hydrogens is 284 g/mol. The molecule has 0 saturated heterocycles. The van der Waals surface area contributed by atoms with Crippen molar-refractivity contribution in [1.82, 2.24) is 10.3 Å². The van der Waals surface area contributed by atoms with Gasteiger partial charge in [0.25, 0.3) is 5.91 Å². The molecule has 0 spiro atoms. The second-order valence-corrected chi connectivity index (χ2v) is 4.83. The van der Waals surface area contributed by atoms with Gasteiger partial charge in [0.2, 0.25) is 5.91 Å². The third-order valence-corrected chi connectivity index (χ3v) is 3.65. The molecule has 1 aromatic carbocycles. The van der Waals surface area contributed by atoms with Gasteiger partial charge in [0, 0.05) is 12.4 Å². The zero-order valence-electron chi connectivity index (χ0n) is 12.1. The van der Waals surface area contributed by atoms with Crippen molar-refractivity contribution in [2.24, 2.45) is 0 Å². The van der Waals surface area contributed by atoms with Crippen molar-refractivity contribution in [2.75, 3.05) is 14.2 Å². The van der Waals surface area contributed by atoms with Gasteiger partial charge < -0.3 is 9.47 Å². The summed E-state index contributed by atoms with van der Waals surface area (Å²) in [4.78, 5) is 28.1. The molecular formula is C16H14N2O4. The molecule has 0 fully saturated rings. The molecule has 112 valence electrons. The van der Waals surface area contributed by atoms with Crippen molar-refractivity contribution >= 4 is 11.8 Å². The number of hydrogen-bond donors (Lipinski definition) is 1. The third kappa shape index (κ3) is 2.18. The lowest BCUT2D eigenvalue weighted by Gasteiger charge is -2.24. The van der Waals surface area contributed by atoms with Gasteiger partial charge in [-0.15, -0.1) is 0 Å². The van der Waals surface area contributed by atoms with E-state index >= 15 is 0 Å². The summed E-state index contributed by atoms with van der Waals surface area (Å²) in [6, 6.07) is 6.95. The molecule has 1 unspecified atom stereocenters. The molecule has 6 nitrogen and oxygen atoms in total. The van der Waals surface area contributed by atoms with Crippen molar-refractivity contribution in [3.05, 3.63) is 53.3 Å². The molecule has 2 aromatic rings. The number of hydrogen-bond acceptors (Lipinski definition) is 5. The zero-order chi connectivity index (χ0) is 15.7. The van der Waals surface area contributed by atoms with Crippen molar-refractivity contribution in [1.29, 1.82) is 0 Å². The Balaban J connectivity index is 2.13. The normalized spacial score (nSPS) is 16.7. The lowest BCUT2D eigenvalue weighted by Crippen LogP contribution is -2.40. The number of imide groups is 1. The van der Waals surface area contributed by atoms with Gasteiger partial charge in [-0.2, -0.15) is 0 Å². The Morgan fingerprint density at radius 1 is 1.09 bits per heavy atom. The molecule has 1 atom stereocenters. The predicted octanol–water partition coefficient (Wildman–Crippen LogP) is 1.50. The standard InChI is InChI=1S/C16H14N2O4/c1-21-12-4-3-9(7-13(12)22-2)14-10-5-6-17-8-11(10)15(19)18-16(14)20/h3-8,14H,1-2H3,(H,18,19,20). The first-order valence-corrected chi connectivity index (χ1v) is 6.66. The number of carbonyl (C=O) groups excluding carboxylic acids is 2. The van der Waals surface area contributed by atoms with E-state index in [0.29, 0.717) is 22.6 Å². The van der Waals surface area contributed by atoms with E-state index in [1.54, 1.807) is 37.6 Å². The minimum atomic E-state index is -0.587. The number of ether oxygens (including phenoxy) is 2. The number of pyridine rings is 1. The lowest BCUT2D eigenvalue weighted by atomic mass is 9.85. The fourth-order valence-corrected chi connectivity index (χ4v) is 2.60. The molecule has 2 amide bonds. The van der Waals surface area contributed by atoms with Gasteiger partial charge in [-0.25, -0.2) is 0 Å². The highest BCUT2D eigenvalue weighted by Crippen LogP contribution is 2.35. The molecule has 0 saturated carbocycles. The molecule has 0 bridgehead atoms. The fourth-order valence-electron chi connectivity index (χ4n) is 2.60. The monoisotopic (exact) mass is 298 g/mol. The van der Waals surface area contributed by atoms with Crippen LogP contribution in [-0.4, -0.2) is 31.0 Å². The largest absolute Gasteiger partial charge is 0.493 e. The molecule has 22 heavy (non-hydrogen) atoms. The van der Waals surface area contributed by atoms with Crippen LogP contribution in [0, 0.1) is 0 Å². The summed E-state index contributed by atoms with van der Waals surface area (Å²) >= 11 is 0.